The third-order valence-corrected chi connectivity index (χ3v) is 5.11. The Balaban J connectivity index is 2.17. The van der Waals surface area contributed by atoms with Crippen molar-refractivity contribution >= 4 is 28.3 Å². The highest BCUT2D eigenvalue weighted by molar-refractivity contribution is 7.12. The molecule has 6 nitrogen and oxygen atoms in total. The second kappa shape index (κ2) is 6.24. The summed E-state index contributed by atoms with van der Waals surface area (Å²) in [5.41, 5.74) is 8.46. The molecule has 0 aromatic carbocycles. The van der Waals surface area contributed by atoms with Gasteiger partial charge in [0.25, 0.3) is 11.6 Å². The maximum atomic E-state index is 12.9. The molecule has 3 N–H and O–H groups in total. The number of aryl methyl sites for hydroxylation is 3. The summed E-state index contributed by atoms with van der Waals surface area (Å²) >= 11 is 1.70. The minimum absolute atomic E-state index is 0.208. The van der Waals surface area contributed by atoms with Crippen molar-refractivity contribution in [1.29, 1.82) is 0 Å². The molecule has 0 aliphatic heterocycles. The molecule has 132 valence electrons. The number of amides is 1. The zero-order valence-electron chi connectivity index (χ0n) is 15.1. The second-order valence-corrected chi connectivity index (χ2v) is 8.33. The van der Waals surface area contributed by atoms with E-state index in [-0.39, 0.29) is 5.91 Å². The minimum atomic E-state index is -0.507. The van der Waals surface area contributed by atoms with Gasteiger partial charge in [0, 0.05) is 27.4 Å². The summed E-state index contributed by atoms with van der Waals surface area (Å²) in [5.74, 6) is -0.208. The summed E-state index contributed by atoms with van der Waals surface area (Å²) in [6, 6.07) is 3.88. The molecule has 1 amide bonds. The zero-order chi connectivity index (χ0) is 18.4. The molecule has 7 heteroatoms. The molecular formula is C18H22N4O2S. The molecule has 0 fully saturated rings. The van der Waals surface area contributed by atoms with Gasteiger partial charge in [0.1, 0.15) is 0 Å². The average molecular weight is 358 g/mol. The van der Waals surface area contributed by atoms with E-state index in [2.05, 4.69) is 28.4 Å². The molecule has 0 saturated carbocycles. The van der Waals surface area contributed by atoms with Crippen LogP contribution in [-0.4, -0.2) is 28.1 Å². The molecule has 3 heterocycles. The van der Waals surface area contributed by atoms with E-state index in [1.54, 1.807) is 18.3 Å². The lowest BCUT2D eigenvalue weighted by atomic mass is 10.0. The maximum absolute atomic E-state index is 12.9. The Morgan fingerprint density at radius 3 is 2.64 bits per heavy atom. The Morgan fingerprint density at radius 1 is 1.32 bits per heavy atom. The topological polar surface area (TPSA) is 94.0 Å². The first kappa shape index (κ1) is 17.6. The van der Waals surface area contributed by atoms with E-state index in [9.17, 15) is 4.79 Å². The molecule has 3 aromatic heterocycles. The monoisotopic (exact) mass is 358 g/mol. The summed E-state index contributed by atoms with van der Waals surface area (Å²) in [6.45, 7) is 10.0. The van der Waals surface area contributed by atoms with E-state index in [1.807, 2.05) is 26.8 Å². The normalized spacial score (nSPS) is 11.9. The van der Waals surface area contributed by atoms with Gasteiger partial charge in [0.05, 0.1) is 22.3 Å². The summed E-state index contributed by atoms with van der Waals surface area (Å²) < 4.78 is 5.34. The molecule has 0 unspecified atom stereocenters. The van der Waals surface area contributed by atoms with Gasteiger partial charge in [0.2, 0.25) is 0 Å². The molecule has 0 spiro atoms. The molecule has 0 aliphatic rings. The van der Waals surface area contributed by atoms with Crippen molar-refractivity contribution < 1.29 is 9.32 Å². The number of nitrogens with two attached hydrogens (primary N) is 1. The van der Waals surface area contributed by atoms with E-state index >= 15 is 0 Å². The second-order valence-electron chi connectivity index (χ2n) is 6.87. The average Bonchev–Trinajstić information content (AvgIpc) is 3.08. The van der Waals surface area contributed by atoms with E-state index < -0.39 is 5.54 Å². The lowest BCUT2D eigenvalue weighted by Gasteiger charge is -2.24. The van der Waals surface area contributed by atoms with Crippen LogP contribution < -0.4 is 11.1 Å². The highest BCUT2D eigenvalue weighted by Gasteiger charge is 2.24. The first-order chi connectivity index (χ1) is 11.7. The molecule has 0 bridgehead atoms. The Kier molecular flexibility index (Phi) is 4.38. The van der Waals surface area contributed by atoms with Crippen LogP contribution in [-0.2, 0) is 0 Å². The van der Waals surface area contributed by atoms with Gasteiger partial charge < -0.3 is 15.6 Å². The van der Waals surface area contributed by atoms with Crippen LogP contribution in [0, 0.1) is 20.8 Å². The smallest absolute Gasteiger partial charge is 0.259 e. The Bertz CT molecular complexity index is 956. The van der Waals surface area contributed by atoms with Crippen LogP contribution in [0.5, 0.6) is 0 Å². The molecule has 0 aliphatic carbocycles. The quantitative estimate of drug-likeness (QED) is 0.746. The molecule has 3 aromatic rings. The van der Waals surface area contributed by atoms with Crippen molar-refractivity contribution in [2.45, 2.75) is 40.2 Å². The van der Waals surface area contributed by atoms with E-state index in [0.29, 0.717) is 34.6 Å². The van der Waals surface area contributed by atoms with Gasteiger partial charge in [-0.2, -0.15) is 0 Å². The van der Waals surface area contributed by atoms with Crippen molar-refractivity contribution in [2.75, 3.05) is 6.54 Å². The number of carbonyl (C=O) groups is 1. The fourth-order valence-electron chi connectivity index (χ4n) is 2.72. The molecule has 0 radical (unpaired) electrons. The van der Waals surface area contributed by atoms with E-state index in [0.717, 1.165) is 10.4 Å². The molecule has 3 rings (SSSR count). The summed E-state index contributed by atoms with van der Waals surface area (Å²) in [5, 5.41) is 7.59. The molecule has 0 saturated heterocycles. The van der Waals surface area contributed by atoms with Crippen LogP contribution in [0.3, 0.4) is 0 Å². The van der Waals surface area contributed by atoms with Crippen molar-refractivity contribution in [3.05, 3.63) is 33.1 Å². The van der Waals surface area contributed by atoms with Gasteiger partial charge in [0.15, 0.2) is 0 Å². The number of hydrogen-bond acceptors (Lipinski definition) is 6. The number of pyridine rings is 1. The van der Waals surface area contributed by atoms with Gasteiger partial charge in [-0.3, -0.25) is 4.79 Å². The predicted molar refractivity (Wildman–Crippen MR) is 99.9 cm³/mol. The number of fused-ring (bicyclic) bond motifs is 1. The van der Waals surface area contributed by atoms with E-state index in [1.165, 1.54) is 4.88 Å². The summed E-state index contributed by atoms with van der Waals surface area (Å²) in [7, 11) is 0. The first-order valence-electron chi connectivity index (χ1n) is 8.09. The van der Waals surface area contributed by atoms with Crippen LogP contribution in [0.15, 0.2) is 16.7 Å². The SMILES string of the molecule is Cc1cc(-c2cc(C(=O)NC(C)(C)CN)c3c(C)noc3n2)c(C)s1. The standard InChI is InChI=1S/C18H22N4O2S/c1-9-6-12(11(3)25-9)14-7-13(16(23)21-18(4,5)8-19)15-10(2)22-24-17(15)20-14/h6-7H,8,19H2,1-5H3,(H,21,23). The number of nitrogens with zero attached hydrogens (tertiary/aromatic N) is 2. The zero-order valence-corrected chi connectivity index (χ0v) is 15.9. The van der Waals surface area contributed by atoms with Crippen molar-refractivity contribution in [1.82, 2.24) is 15.5 Å². The lowest BCUT2D eigenvalue weighted by molar-refractivity contribution is 0.0917. The van der Waals surface area contributed by atoms with Crippen LogP contribution in [0.2, 0.25) is 0 Å². The Morgan fingerprint density at radius 2 is 2.04 bits per heavy atom. The van der Waals surface area contributed by atoms with Crippen LogP contribution in [0.1, 0.15) is 39.7 Å². The van der Waals surface area contributed by atoms with Gasteiger partial charge in [-0.25, -0.2) is 4.98 Å². The number of carbonyl (C=O) groups excluding carboxylic acids is 1. The number of aromatic nitrogens is 2. The number of rotatable bonds is 4. The number of hydrogen-bond donors (Lipinski definition) is 2. The fraction of sp³-hybridized carbons (Fsp3) is 0.389. The summed E-state index contributed by atoms with van der Waals surface area (Å²) in [4.78, 5) is 19.8. The number of thiophene rings is 1. The summed E-state index contributed by atoms with van der Waals surface area (Å²) in [6.07, 6.45) is 0. The third-order valence-electron chi connectivity index (χ3n) is 4.14. The van der Waals surface area contributed by atoms with Gasteiger partial charge >= 0.3 is 0 Å². The maximum Gasteiger partial charge on any atom is 0.259 e. The van der Waals surface area contributed by atoms with E-state index in [4.69, 9.17) is 10.3 Å². The minimum Gasteiger partial charge on any atom is -0.346 e. The number of nitrogens with one attached hydrogen (secondary N) is 1. The molecular weight excluding hydrogens is 336 g/mol. The fourth-order valence-corrected chi connectivity index (χ4v) is 3.66. The third kappa shape index (κ3) is 3.29. The highest BCUT2D eigenvalue weighted by Crippen LogP contribution is 2.32. The Labute approximate surface area is 150 Å². The van der Waals surface area contributed by atoms with Crippen LogP contribution in [0.25, 0.3) is 22.4 Å². The van der Waals surface area contributed by atoms with Crippen LogP contribution in [0.4, 0.5) is 0 Å². The van der Waals surface area contributed by atoms with Gasteiger partial charge in [-0.15, -0.1) is 11.3 Å². The first-order valence-corrected chi connectivity index (χ1v) is 8.90. The predicted octanol–water partition coefficient (Wildman–Crippen LogP) is 3.34. The van der Waals surface area contributed by atoms with Crippen molar-refractivity contribution in [3.63, 3.8) is 0 Å². The van der Waals surface area contributed by atoms with Crippen molar-refractivity contribution in [2.24, 2.45) is 5.73 Å². The van der Waals surface area contributed by atoms with Gasteiger partial charge in [-0.1, -0.05) is 5.16 Å². The van der Waals surface area contributed by atoms with Crippen LogP contribution >= 0.6 is 11.3 Å². The molecule has 0 atom stereocenters. The highest BCUT2D eigenvalue weighted by atomic mass is 32.1. The molecule has 25 heavy (non-hydrogen) atoms. The van der Waals surface area contributed by atoms with Crippen molar-refractivity contribution in [3.8, 4) is 11.3 Å². The lowest BCUT2D eigenvalue weighted by Crippen LogP contribution is -2.48. The largest absolute Gasteiger partial charge is 0.346 e. The Hall–Kier alpha value is -2.25. The van der Waals surface area contributed by atoms with Gasteiger partial charge in [-0.05, 0) is 46.8 Å².